The highest BCUT2D eigenvalue weighted by Gasteiger charge is 2.26. The molecular weight excluding hydrogens is 677 g/mol. The molecule has 0 amide bonds. The van der Waals surface area contributed by atoms with Gasteiger partial charge >= 0.3 is 0 Å². The summed E-state index contributed by atoms with van der Waals surface area (Å²) >= 11 is 0. The monoisotopic (exact) mass is 708 g/mol. The number of aromatic nitrogens is 1. The molecule has 56 heavy (non-hydrogen) atoms. The van der Waals surface area contributed by atoms with Gasteiger partial charge in [0.15, 0.2) is 0 Å². The summed E-state index contributed by atoms with van der Waals surface area (Å²) in [7, 11) is 0. The van der Waals surface area contributed by atoms with Crippen molar-refractivity contribution in [3.8, 4) is 84.2 Å². The van der Waals surface area contributed by atoms with Crippen LogP contribution in [0.15, 0.2) is 194 Å². The Labute approximate surface area is 325 Å². The Bertz CT molecular complexity index is 3140. The van der Waals surface area contributed by atoms with Crippen molar-refractivity contribution in [1.29, 1.82) is 5.26 Å². The van der Waals surface area contributed by atoms with E-state index in [1.54, 1.807) is 0 Å². The Morgan fingerprint density at radius 1 is 0.339 bits per heavy atom. The van der Waals surface area contributed by atoms with Crippen LogP contribution < -0.4 is 0 Å². The predicted octanol–water partition coefficient (Wildman–Crippen LogP) is 14.4. The van der Waals surface area contributed by atoms with Gasteiger partial charge in [0, 0.05) is 11.1 Å². The van der Waals surface area contributed by atoms with E-state index in [1.165, 1.54) is 60.3 Å². The number of rotatable bonds is 5. The van der Waals surface area contributed by atoms with Crippen molar-refractivity contribution in [2.75, 3.05) is 0 Å². The molecule has 0 spiro atoms. The van der Waals surface area contributed by atoms with Crippen LogP contribution in [0.1, 0.15) is 5.56 Å². The van der Waals surface area contributed by atoms with E-state index in [0.717, 1.165) is 50.2 Å². The van der Waals surface area contributed by atoms with Crippen LogP contribution in [0, 0.1) is 11.3 Å². The van der Waals surface area contributed by atoms with E-state index in [9.17, 15) is 5.26 Å². The van der Waals surface area contributed by atoms with Crippen LogP contribution in [0.25, 0.3) is 110 Å². The molecule has 2 nitrogen and oxygen atoms in total. The van der Waals surface area contributed by atoms with E-state index in [2.05, 4.69) is 188 Å². The van der Waals surface area contributed by atoms with Crippen LogP contribution in [0.3, 0.4) is 0 Å². The maximum atomic E-state index is 9.62. The van der Waals surface area contributed by atoms with Crippen molar-refractivity contribution >= 4 is 32.3 Å². The van der Waals surface area contributed by atoms with E-state index in [4.69, 9.17) is 4.98 Å². The highest BCUT2D eigenvalue weighted by Crippen LogP contribution is 2.53. The second-order valence-corrected chi connectivity index (χ2v) is 14.5. The van der Waals surface area contributed by atoms with Gasteiger partial charge in [0.2, 0.25) is 0 Å². The Kier molecular flexibility index (Phi) is 7.27. The van der Waals surface area contributed by atoms with Gasteiger partial charge in [0.05, 0.1) is 23.0 Å². The fraction of sp³-hybridized carbons (Fsp3) is 0. The molecule has 0 bridgehead atoms. The molecule has 0 saturated carbocycles. The highest BCUT2D eigenvalue weighted by molar-refractivity contribution is 6.25. The number of hydrogen-bond acceptors (Lipinski definition) is 2. The van der Waals surface area contributed by atoms with Gasteiger partial charge in [-0.05, 0) is 118 Å². The lowest BCUT2D eigenvalue weighted by Crippen LogP contribution is -1.95. The maximum absolute atomic E-state index is 9.62. The third-order valence-electron chi connectivity index (χ3n) is 11.4. The van der Waals surface area contributed by atoms with Crippen LogP contribution >= 0.6 is 0 Å². The van der Waals surface area contributed by atoms with Crippen LogP contribution in [0.4, 0.5) is 0 Å². The van der Waals surface area contributed by atoms with Crippen molar-refractivity contribution < 1.29 is 0 Å². The maximum Gasteiger partial charge on any atom is 0.0991 e. The molecule has 2 heteroatoms. The molecule has 10 aromatic rings. The molecule has 258 valence electrons. The molecule has 1 heterocycles. The molecule has 1 aliphatic carbocycles. The van der Waals surface area contributed by atoms with Gasteiger partial charge in [-0.25, -0.2) is 4.98 Å². The summed E-state index contributed by atoms with van der Waals surface area (Å²) in [4.78, 5) is 5.45. The van der Waals surface area contributed by atoms with Crippen molar-refractivity contribution in [1.82, 2.24) is 4.98 Å². The number of fused-ring (bicyclic) bond motifs is 5. The average Bonchev–Trinajstić information content (AvgIpc) is 3.60. The summed E-state index contributed by atoms with van der Waals surface area (Å²) in [6, 6.07) is 71.6. The number of hydrogen-bond donors (Lipinski definition) is 0. The molecule has 9 aromatic carbocycles. The second kappa shape index (κ2) is 12.8. The normalized spacial score (nSPS) is 11.6. The molecule has 0 radical (unpaired) electrons. The lowest BCUT2D eigenvalue weighted by atomic mass is 9.85. The van der Waals surface area contributed by atoms with E-state index < -0.39 is 0 Å². The Morgan fingerprint density at radius 2 is 0.893 bits per heavy atom. The molecule has 0 saturated heterocycles. The zero-order valence-corrected chi connectivity index (χ0v) is 30.4. The number of nitriles is 1. The largest absolute Gasteiger partial charge is 0.248 e. The fourth-order valence-corrected chi connectivity index (χ4v) is 8.90. The summed E-state index contributed by atoms with van der Waals surface area (Å²) in [6.07, 6.45) is 0. The lowest BCUT2D eigenvalue weighted by Gasteiger charge is -2.19. The van der Waals surface area contributed by atoms with Gasteiger partial charge in [0.25, 0.3) is 0 Å². The third-order valence-corrected chi connectivity index (χ3v) is 11.4. The van der Waals surface area contributed by atoms with Crippen LogP contribution in [-0.4, -0.2) is 4.98 Å². The van der Waals surface area contributed by atoms with Gasteiger partial charge in [0.1, 0.15) is 0 Å². The van der Waals surface area contributed by atoms with Crippen LogP contribution in [0.5, 0.6) is 0 Å². The molecule has 0 unspecified atom stereocenters. The van der Waals surface area contributed by atoms with E-state index >= 15 is 0 Å². The molecule has 0 aliphatic heterocycles. The molecule has 0 atom stereocenters. The number of nitrogens with zero attached hydrogens (tertiary/aromatic N) is 2. The van der Waals surface area contributed by atoms with E-state index in [1.807, 2.05) is 12.1 Å². The Morgan fingerprint density at radius 3 is 1.61 bits per heavy atom. The zero-order valence-electron chi connectivity index (χ0n) is 30.4. The van der Waals surface area contributed by atoms with Crippen molar-refractivity contribution in [3.63, 3.8) is 0 Å². The first-order valence-corrected chi connectivity index (χ1v) is 19.0. The summed E-state index contributed by atoms with van der Waals surface area (Å²) < 4.78 is 0. The van der Waals surface area contributed by atoms with E-state index in [-0.39, 0.29) is 0 Å². The minimum Gasteiger partial charge on any atom is -0.248 e. The van der Waals surface area contributed by atoms with Crippen molar-refractivity contribution in [2.45, 2.75) is 0 Å². The average molecular weight is 709 g/mol. The van der Waals surface area contributed by atoms with Crippen molar-refractivity contribution in [3.05, 3.63) is 200 Å². The standard InChI is InChI=1S/C54H32N2/c55-33-34-22-24-36(25-23-34)41-26-27-46-42-18-9-10-19-43(42)47-28-29-48(53(41)54(46)47)44-20-11-21-45-49(44)30-38-16-7-8-17-40(38)52(45)51-32-39(35-12-3-1-4-13-35)31-50(56-51)37-14-5-2-6-15-37/h1-32H. The molecule has 1 aliphatic rings. The first-order chi connectivity index (χ1) is 27.7. The van der Waals surface area contributed by atoms with E-state index in [0.29, 0.717) is 5.56 Å². The third kappa shape index (κ3) is 4.99. The number of pyridine rings is 1. The number of benzene rings is 9. The van der Waals surface area contributed by atoms with Gasteiger partial charge in [-0.3, -0.25) is 0 Å². The Hall–Kier alpha value is -7.60. The first kappa shape index (κ1) is 31.9. The lowest BCUT2D eigenvalue weighted by molar-refractivity contribution is 1.33. The van der Waals surface area contributed by atoms with Crippen molar-refractivity contribution in [2.24, 2.45) is 0 Å². The van der Waals surface area contributed by atoms with Gasteiger partial charge in [-0.15, -0.1) is 0 Å². The summed E-state index contributed by atoms with van der Waals surface area (Å²) in [5, 5.41) is 16.8. The summed E-state index contributed by atoms with van der Waals surface area (Å²) in [6.45, 7) is 0. The second-order valence-electron chi connectivity index (χ2n) is 14.5. The van der Waals surface area contributed by atoms with Gasteiger partial charge in [-0.2, -0.15) is 5.26 Å². The quantitative estimate of drug-likeness (QED) is 0.167. The molecule has 1 aromatic heterocycles. The minimum atomic E-state index is 0.654. The minimum absolute atomic E-state index is 0.654. The molecular formula is C54H32N2. The molecule has 0 N–H and O–H groups in total. The summed E-state index contributed by atoms with van der Waals surface area (Å²) in [5.74, 6) is 0. The SMILES string of the molecule is N#Cc1ccc(-c2ccc3c4c(ccc(-c5cccc6c(-c7cc(-c8ccccc8)cc(-c8ccccc8)n7)c7ccccc7cc56)c24)-c2ccccc2-3)cc1. The zero-order chi connectivity index (χ0) is 37.2. The molecule has 11 rings (SSSR count). The van der Waals surface area contributed by atoms with Crippen LogP contribution in [0.2, 0.25) is 0 Å². The van der Waals surface area contributed by atoms with Gasteiger partial charge in [-0.1, -0.05) is 164 Å². The molecule has 0 fully saturated rings. The fourth-order valence-electron chi connectivity index (χ4n) is 8.90. The topological polar surface area (TPSA) is 36.7 Å². The van der Waals surface area contributed by atoms with Crippen LogP contribution in [-0.2, 0) is 0 Å². The predicted molar refractivity (Wildman–Crippen MR) is 233 cm³/mol. The van der Waals surface area contributed by atoms with Gasteiger partial charge < -0.3 is 0 Å². The smallest absolute Gasteiger partial charge is 0.0991 e. The first-order valence-electron chi connectivity index (χ1n) is 19.0. The summed E-state index contributed by atoms with van der Waals surface area (Å²) in [5.41, 5.74) is 16.7. The highest BCUT2D eigenvalue weighted by atomic mass is 14.7. The Balaban J connectivity index is 1.23.